The molecule has 1 heterocycles. The Bertz CT molecular complexity index is 581. The van der Waals surface area contributed by atoms with Crippen molar-refractivity contribution in [2.24, 2.45) is 0 Å². The van der Waals surface area contributed by atoms with Crippen LogP contribution in [0, 0.1) is 0 Å². The van der Waals surface area contributed by atoms with E-state index in [1.807, 2.05) is 4.90 Å². The summed E-state index contributed by atoms with van der Waals surface area (Å²) in [5, 5.41) is 2.82. The zero-order valence-corrected chi connectivity index (χ0v) is 16.4. The van der Waals surface area contributed by atoms with E-state index in [9.17, 15) is 9.59 Å². The van der Waals surface area contributed by atoms with Gasteiger partial charge in [0.15, 0.2) is 0 Å². The molecule has 1 atom stereocenters. The molecular weight excluding hydrogens is 334 g/mol. The number of carbonyl (C=O) groups is 2. The van der Waals surface area contributed by atoms with Crippen LogP contribution >= 0.6 is 11.8 Å². The van der Waals surface area contributed by atoms with Gasteiger partial charge in [-0.1, -0.05) is 26.0 Å². The lowest BCUT2D eigenvalue weighted by molar-refractivity contribution is -0.136. The van der Waals surface area contributed by atoms with Crippen molar-refractivity contribution >= 4 is 23.6 Å². The van der Waals surface area contributed by atoms with Crippen LogP contribution in [0.2, 0.25) is 0 Å². The summed E-state index contributed by atoms with van der Waals surface area (Å²) in [5.41, 5.74) is 1.30. The summed E-state index contributed by atoms with van der Waals surface area (Å²) in [6.45, 7) is 9.00. The molecule has 1 aliphatic rings. The van der Waals surface area contributed by atoms with Crippen molar-refractivity contribution < 1.29 is 9.59 Å². The number of rotatable bonds is 6. The van der Waals surface area contributed by atoms with Gasteiger partial charge in [0.05, 0.1) is 0 Å². The molecular formula is C19H29N3O2S. The van der Waals surface area contributed by atoms with Crippen LogP contribution in [0.4, 0.5) is 0 Å². The van der Waals surface area contributed by atoms with Gasteiger partial charge in [0.1, 0.15) is 6.04 Å². The number of amides is 2. The number of nitrogens with one attached hydrogen (secondary N) is 1. The SMILES string of the molecule is CC(=O)NC(CSc1ccc(C(C)C)cc1)C(=O)N1CCN(C)CC1. The van der Waals surface area contributed by atoms with E-state index in [1.165, 1.54) is 12.5 Å². The van der Waals surface area contributed by atoms with Crippen LogP contribution in [0.1, 0.15) is 32.3 Å². The van der Waals surface area contributed by atoms with Crippen LogP contribution in [0.25, 0.3) is 0 Å². The molecule has 0 spiro atoms. The summed E-state index contributed by atoms with van der Waals surface area (Å²) in [4.78, 5) is 29.5. The van der Waals surface area contributed by atoms with Gasteiger partial charge in [-0.25, -0.2) is 0 Å². The van der Waals surface area contributed by atoms with Gasteiger partial charge in [0, 0.05) is 43.8 Å². The summed E-state index contributed by atoms with van der Waals surface area (Å²) >= 11 is 1.61. The third kappa shape index (κ3) is 6.04. The topological polar surface area (TPSA) is 52.7 Å². The zero-order valence-electron chi connectivity index (χ0n) is 15.6. The number of hydrogen-bond acceptors (Lipinski definition) is 4. The van der Waals surface area contributed by atoms with E-state index in [2.05, 4.69) is 55.4 Å². The predicted octanol–water partition coefficient (Wildman–Crippen LogP) is 2.18. The van der Waals surface area contributed by atoms with Crippen molar-refractivity contribution in [2.75, 3.05) is 39.0 Å². The number of carbonyl (C=O) groups excluding carboxylic acids is 2. The maximum atomic E-state index is 12.8. The quantitative estimate of drug-likeness (QED) is 0.787. The minimum atomic E-state index is -0.476. The standard InChI is InChI=1S/C19H29N3O2S/c1-14(2)16-5-7-17(8-6-16)25-13-18(20-15(3)23)19(24)22-11-9-21(4)10-12-22/h5-8,14,18H,9-13H2,1-4H3,(H,20,23). The molecule has 25 heavy (non-hydrogen) atoms. The molecule has 0 aliphatic carbocycles. The number of piperazine rings is 1. The van der Waals surface area contributed by atoms with E-state index >= 15 is 0 Å². The first-order valence-corrected chi connectivity index (χ1v) is 9.82. The fourth-order valence-electron chi connectivity index (χ4n) is 2.80. The molecule has 0 saturated carbocycles. The van der Waals surface area contributed by atoms with Gasteiger partial charge < -0.3 is 15.1 Å². The Morgan fingerprint density at radius 3 is 2.24 bits per heavy atom. The summed E-state index contributed by atoms with van der Waals surface area (Å²) in [5.74, 6) is 0.911. The van der Waals surface area contributed by atoms with Crippen LogP contribution in [0.5, 0.6) is 0 Å². The predicted molar refractivity (Wildman–Crippen MR) is 103 cm³/mol. The monoisotopic (exact) mass is 363 g/mol. The van der Waals surface area contributed by atoms with Gasteiger partial charge in [0.25, 0.3) is 0 Å². The van der Waals surface area contributed by atoms with Crippen molar-refractivity contribution in [3.63, 3.8) is 0 Å². The number of benzene rings is 1. The molecule has 1 aromatic rings. The van der Waals surface area contributed by atoms with E-state index in [0.717, 1.165) is 31.1 Å². The second-order valence-electron chi connectivity index (χ2n) is 6.92. The first-order chi connectivity index (χ1) is 11.9. The molecule has 2 amide bonds. The molecule has 1 aromatic carbocycles. The van der Waals surface area contributed by atoms with Gasteiger partial charge in [-0.05, 0) is 30.7 Å². The first-order valence-electron chi connectivity index (χ1n) is 8.84. The molecule has 0 bridgehead atoms. The Morgan fingerprint density at radius 1 is 1.12 bits per heavy atom. The minimum absolute atomic E-state index is 0.0228. The van der Waals surface area contributed by atoms with Crippen molar-refractivity contribution in [3.8, 4) is 0 Å². The summed E-state index contributed by atoms with van der Waals surface area (Å²) in [6.07, 6.45) is 0. The van der Waals surface area contributed by atoms with Crippen LogP contribution in [-0.2, 0) is 9.59 Å². The smallest absolute Gasteiger partial charge is 0.246 e. The van der Waals surface area contributed by atoms with Gasteiger partial charge in [-0.2, -0.15) is 0 Å². The van der Waals surface area contributed by atoms with Crippen molar-refractivity contribution in [3.05, 3.63) is 29.8 Å². The lowest BCUT2D eigenvalue weighted by Gasteiger charge is -2.34. The molecule has 1 unspecified atom stereocenters. The molecule has 6 heteroatoms. The van der Waals surface area contributed by atoms with E-state index in [1.54, 1.807) is 11.8 Å². The van der Waals surface area contributed by atoms with E-state index < -0.39 is 6.04 Å². The zero-order chi connectivity index (χ0) is 18.4. The van der Waals surface area contributed by atoms with Crippen molar-refractivity contribution in [1.82, 2.24) is 15.1 Å². The molecule has 0 aromatic heterocycles. The van der Waals surface area contributed by atoms with E-state index in [-0.39, 0.29) is 11.8 Å². The molecule has 5 nitrogen and oxygen atoms in total. The molecule has 0 radical (unpaired) electrons. The van der Waals surface area contributed by atoms with Crippen LogP contribution in [0.15, 0.2) is 29.2 Å². The van der Waals surface area contributed by atoms with Crippen LogP contribution < -0.4 is 5.32 Å². The van der Waals surface area contributed by atoms with Gasteiger partial charge in [0.2, 0.25) is 11.8 Å². The number of thioether (sulfide) groups is 1. The van der Waals surface area contributed by atoms with Gasteiger partial charge in [-0.15, -0.1) is 11.8 Å². The van der Waals surface area contributed by atoms with E-state index in [0.29, 0.717) is 11.7 Å². The second kappa shape index (κ2) is 9.25. The molecule has 1 aliphatic heterocycles. The molecule has 2 rings (SSSR count). The Kier molecular flexibility index (Phi) is 7.32. The van der Waals surface area contributed by atoms with Gasteiger partial charge >= 0.3 is 0 Å². The molecule has 1 fully saturated rings. The third-order valence-electron chi connectivity index (χ3n) is 4.45. The highest BCUT2D eigenvalue weighted by Crippen LogP contribution is 2.23. The van der Waals surface area contributed by atoms with Crippen molar-refractivity contribution in [2.45, 2.75) is 37.6 Å². The second-order valence-corrected chi connectivity index (χ2v) is 8.01. The van der Waals surface area contributed by atoms with Crippen molar-refractivity contribution in [1.29, 1.82) is 0 Å². The van der Waals surface area contributed by atoms with Crippen LogP contribution in [-0.4, -0.2) is 66.6 Å². The Morgan fingerprint density at radius 2 is 1.72 bits per heavy atom. The fraction of sp³-hybridized carbons (Fsp3) is 0.579. The highest BCUT2D eigenvalue weighted by Gasteiger charge is 2.27. The van der Waals surface area contributed by atoms with E-state index in [4.69, 9.17) is 0 Å². The minimum Gasteiger partial charge on any atom is -0.344 e. The highest BCUT2D eigenvalue weighted by molar-refractivity contribution is 7.99. The highest BCUT2D eigenvalue weighted by atomic mass is 32.2. The Hall–Kier alpha value is -1.53. The lowest BCUT2D eigenvalue weighted by Crippen LogP contribution is -2.54. The summed E-state index contributed by atoms with van der Waals surface area (Å²) in [6, 6.07) is 7.96. The number of hydrogen-bond donors (Lipinski definition) is 1. The van der Waals surface area contributed by atoms with Gasteiger partial charge in [-0.3, -0.25) is 9.59 Å². The van der Waals surface area contributed by atoms with Crippen LogP contribution in [0.3, 0.4) is 0 Å². The normalized spacial score (nSPS) is 16.8. The Balaban J connectivity index is 1.97. The molecule has 138 valence electrons. The summed E-state index contributed by atoms with van der Waals surface area (Å²) in [7, 11) is 2.06. The maximum Gasteiger partial charge on any atom is 0.246 e. The molecule has 1 saturated heterocycles. The lowest BCUT2D eigenvalue weighted by atomic mass is 10.0. The first kappa shape index (κ1) is 19.8. The average Bonchev–Trinajstić information content (AvgIpc) is 2.58. The fourth-order valence-corrected chi connectivity index (χ4v) is 3.71. The third-order valence-corrected chi connectivity index (χ3v) is 5.56. The largest absolute Gasteiger partial charge is 0.344 e. The molecule has 1 N–H and O–H groups in total. The number of nitrogens with zero attached hydrogens (tertiary/aromatic N) is 2. The summed E-state index contributed by atoms with van der Waals surface area (Å²) < 4.78 is 0. The maximum absolute atomic E-state index is 12.8. The number of likely N-dealkylation sites (N-methyl/N-ethyl adjacent to an activating group) is 1. The average molecular weight is 364 g/mol. The Labute approximate surface area is 155 Å².